The number of ether oxygens (including phenoxy) is 1. The van der Waals surface area contributed by atoms with Gasteiger partial charge in [-0.25, -0.2) is 0 Å². The molecule has 0 unspecified atom stereocenters. The first kappa shape index (κ1) is 17.8. The van der Waals surface area contributed by atoms with Gasteiger partial charge in [0.05, 0.1) is 17.7 Å². The molecule has 0 atom stereocenters. The highest BCUT2D eigenvalue weighted by Gasteiger charge is 2.24. The molecule has 132 valence electrons. The third-order valence-corrected chi connectivity index (χ3v) is 5.34. The molecule has 4 heteroatoms. The first-order valence-corrected chi connectivity index (χ1v) is 9.22. The van der Waals surface area contributed by atoms with E-state index in [4.69, 9.17) is 16.3 Å². The van der Waals surface area contributed by atoms with Gasteiger partial charge in [-0.1, -0.05) is 35.9 Å². The summed E-state index contributed by atoms with van der Waals surface area (Å²) in [6, 6.07) is 15.6. The summed E-state index contributed by atoms with van der Waals surface area (Å²) in [6.07, 6.45) is 4.37. The summed E-state index contributed by atoms with van der Waals surface area (Å²) in [5.41, 5.74) is 1.95. The van der Waals surface area contributed by atoms with E-state index in [-0.39, 0.29) is 5.91 Å². The van der Waals surface area contributed by atoms with Crippen LogP contribution in [0.4, 0.5) is 0 Å². The Labute approximate surface area is 154 Å². The number of hydrogen-bond donors (Lipinski definition) is 0. The highest BCUT2D eigenvalue weighted by atomic mass is 35.5. The van der Waals surface area contributed by atoms with E-state index in [9.17, 15) is 4.79 Å². The van der Waals surface area contributed by atoms with E-state index in [1.165, 1.54) is 12.0 Å². The van der Waals surface area contributed by atoms with Crippen molar-refractivity contribution in [1.82, 2.24) is 4.90 Å². The molecule has 1 amide bonds. The van der Waals surface area contributed by atoms with Crippen LogP contribution >= 0.6 is 11.6 Å². The smallest absolute Gasteiger partial charge is 0.255 e. The number of carbonyl (C=O) groups excluding carboxylic acids is 1. The Bertz CT molecular complexity index is 706. The second-order valence-corrected chi connectivity index (χ2v) is 7.01. The molecule has 0 saturated carbocycles. The monoisotopic (exact) mass is 357 g/mol. The van der Waals surface area contributed by atoms with Crippen LogP contribution in [0.1, 0.15) is 35.2 Å². The van der Waals surface area contributed by atoms with E-state index < -0.39 is 0 Å². The number of rotatable bonds is 5. The van der Waals surface area contributed by atoms with Gasteiger partial charge in [-0.05, 0) is 61.4 Å². The fourth-order valence-corrected chi connectivity index (χ4v) is 3.61. The molecule has 1 aliphatic heterocycles. The van der Waals surface area contributed by atoms with E-state index in [1.807, 2.05) is 29.2 Å². The average Bonchev–Trinajstić information content (AvgIpc) is 2.67. The standard InChI is InChI=1S/C21H24ClNO2/c1-25-18-10-8-16(9-11-18)6-7-17-12-14-23(15-13-17)21(24)19-4-2-3-5-20(19)22/h2-5,8-11,17H,6-7,12-15H2,1H3. The molecule has 0 radical (unpaired) electrons. The first-order valence-electron chi connectivity index (χ1n) is 8.84. The number of aryl methyl sites for hydroxylation is 1. The molecule has 0 aliphatic carbocycles. The Kier molecular flexibility index (Phi) is 5.98. The zero-order valence-corrected chi connectivity index (χ0v) is 15.3. The van der Waals surface area contributed by atoms with Gasteiger partial charge in [-0.15, -0.1) is 0 Å². The second kappa shape index (κ2) is 8.39. The zero-order valence-electron chi connectivity index (χ0n) is 14.6. The fourth-order valence-electron chi connectivity index (χ4n) is 3.39. The Hall–Kier alpha value is -2.00. The van der Waals surface area contributed by atoms with Crippen molar-refractivity contribution < 1.29 is 9.53 Å². The molecular formula is C21H24ClNO2. The van der Waals surface area contributed by atoms with Crippen molar-refractivity contribution in [2.24, 2.45) is 5.92 Å². The van der Waals surface area contributed by atoms with Crippen molar-refractivity contribution in [3.63, 3.8) is 0 Å². The predicted octanol–water partition coefficient (Wildman–Crippen LogP) is 4.83. The molecule has 0 spiro atoms. The lowest BCUT2D eigenvalue weighted by Gasteiger charge is -2.32. The molecular weight excluding hydrogens is 334 g/mol. The quantitative estimate of drug-likeness (QED) is 0.766. The van der Waals surface area contributed by atoms with Gasteiger partial charge in [0.25, 0.3) is 5.91 Å². The van der Waals surface area contributed by atoms with E-state index in [1.54, 1.807) is 19.2 Å². The Balaban J connectivity index is 1.48. The summed E-state index contributed by atoms with van der Waals surface area (Å²) in [7, 11) is 1.69. The number of nitrogens with zero attached hydrogens (tertiary/aromatic N) is 1. The number of piperidine rings is 1. The zero-order chi connectivity index (χ0) is 17.6. The van der Waals surface area contributed by atoms with Crippen LogP contribution in [0, 0.1) is 5.92 Å². The molecule has 1 saturated heterocycles. The molecule has 2 aromatic carbocycles. The van der Waals surface area contributed by atoms with Crippen LogP contribution in [-0.2, 0) is 6.42 Å². The Morgan fingerprint density at radius 1 is 1.12 bits per heavy atom. The largest absolute Gasteiger partial charge is 0.497 e. The van der Waals surface area contributed by atoms with E-state index in [0.717, 1.165) is 38.1 Å². The molecule has 1 heterocycles. The second-order valence-electron chi connectivity index (χ2n) is 6.60. The van der Waals surface area contributed by atoms with Gasteiger partial charge >= 0.3 is 0 Å². The average molecular weight is 358 g/mol. The normalized spacial score (nSPS) is 15.2. The van der Waals surface area contributed by atoms with Crippen LogP contribution in [0.25, 0.3) is 0 Å². The van der Waals surface area contributed by atoms with Crippen molar-refractivity contribution >= 4 is 17.5 Å². The third-order valence-electron chi connectivity index (χ3n) is 5.01. The maximum absolute atomic E-state index is 12.6. The van der Waals surface area contributed by atoms with Gasteiger partial charge in [0.1, 0.15) is 5.75 Å². The van der Waals surface area contributed by atoms with Crippen LogP contribution in [0.5, 0.6) is 5.75 Å². The molecule has 3 nitrogen and oxygen atoms in total. The lowest BCUT2D eigenvalue weighted by molar-refractivity contribution is 0.0687. The van der Waals surface area contributed by atoms with Crippen molar-refractivity contribution in [3.05, 3.63) is 64.7 Å². The minimum Gasteiger partial charge on any atom is -0.497 e. The molecule has 2 aromatic rings. The molecule has 1 aliphatic rings. The van der Waals surface area contributed by atoms with Gasteiger partial charge in [0.2, 0.25) is 0 Å². The van der Waals surface area contributed by atoms with Crippen LogP contribution in [0.15, 0.2) is 48.5 Å². The fraction of sp³-hybridized carbons (Fsp3) is 0.381. The lowest BCUT2D eigenvalue weighted by Crippen LogP contribution is -2.38. The first-order chi connectivity index (χ1) is 12.2. The highest BCUT2D eigenvalue weighted by Crippen LogP contribution is 2.25. The van der Waals surface area contributed by atoms with E-state index >= 15 is 0 Å². The summed E-state index contributed by atoms with van der Waals surface area (Å²) < 4.78 is 5.20. The van der Waals surface area contributed by atoms with Crippen molar-refractivity contribution in [3.8, 4) is 5.75 Å². The topological polar surface area (TPSA) is 29.5 Å². The third kappa shape index (κ3) is 4.55. The van der Waals surface area contributed by atoms with Crippen molar-refractivity contribution in [2.75, 3.05) is 20.2 Å². The molecule has 25 heavy (non-hydrogen) atoms. The van der Waals surface area contributed by atoms with Gasteiger partial charge in [0.15, 0.2) is 0 Å². The summed E-state index contributed by atoms with van der Waals surface area (Å²) in [6.45, 7) is 1.63. The number of benzene rings is 2. The van der Waals surface area contributed by atoms with Crippen LogP contribution < -0.4 is 4.74 Å². The summed E-state index contributed by atoms with van der Waals surface area (Å²) in [5.74, 6) is 1.63. The molecule has 1 fully saturated rings. The molecule has 0 bridgehead atoms. The number of hydrogen-bond acceptors (Lipinski definition) is 2. The van der Waals surface area contributed by atoms with E-state index in [0.29, 0.717) is 16.5 Å². The molecule has 0 aromatic heterocycles. The number of carbonyl (C=O) groups is 1. The molecule has 3 rings (SSSR count). The minimum atomic E-state index is 0.0548. The summed E-state index contributed by atoms with van der Waals surface area (Å²) >= 11 is 6.15. The van der Waals surface area contributed by atoms with Crippen LogP contribution in [0.2, 0.25) is 5.02 Å². The van der Waals surface area contributed by atoms with Gasteiger partial charge in [-0.2, -0.15) is 0 Å². The SMILES string of the molecule is COc1ccc(CCC2CCN(C(=O)c3ccccc3Cl)CC2)cc1. The van der Waals surface area contributed by atoms with Gasteiger partial charge in [-0.3, -0.25) is 4.79 Å². The van der Waals surface area contributed by atoms with Crippen LogP contribution in [-0.4, -0.2) is 31.0 Å². The minimum absolute atomic E-state index is 0.0548. The summed E-state index contributed by atoms with van der Waals surface area (Å²) in [4.78, 5) is 14.5. The Morgan fingerprint density at radius 3 is 2.44 bits per heavy atom. The lowest BCUT2D eigenvalue weighted by atomic mass is 9.90. The summed E-state index contributed by atoms with van der Waals surface area (Å²) in [5, 5.41) is 0.536. The predicted molar refractivity (Wildman–Crippen MR) is 101 cm³/mol. The van der Waals surface area contributed by atoms with Gasteiger partial charge in [0, 0.05) is 13.1 Å². The maximum atomic E-state index is 12.6. The highest BCUT2D eigenvalue weighted by molar-refractivity contribution is 6.33. The maximum Gasteiger partial charge on any atom is 0.255 e. The van der Waals surface area contributed by atoms with Gasteiger partial charge < -0.3 is 9.64 Å². The molecule has 0 N–H and O–H groups in total. The van der Waals surface area contributed by atoms with Crippen molar-refractivity contribution in [2.45, 2.75) is 25.7 Å². The number of methoxy groups -OCH3 is 1. The Morgan fingerprint density at radius 2 is 1.80 bits per heavy atom. The number of likely N-dealkylation sites (tertiary alicyclic amines) is 1. The van der Waals surface area contributed by atoms with Crippen molar-refractivity contribution in [1.29, 1.82) is 0 Å². The number of halogens is 1. The number of amides is 1. The van der Waals surface area contributed by atoms with E-state index in [2.05, 4.69) is 12.1 Å². The van der Waals surface area contributed by atoms with Crippen LogP contribution in [0.3, 0.4) is 0 Å².